The molecule has 0 heterocycles. The van der Waals surface area contributed by atoms with Crippen LogP contribution in [0.4, 0.5) is 5.69 Å². The molecule has 0 radical (unpaired) electrons. The van der Waals surface area contributed by atoms with Gasteiger partial charge in [-0.15, -0.1) is 0 Å². The first-order chi connectivity index (χ1) is 10.6. The number of oxime groups is 1. The van der Waals surface area contributed by atoms with Gasteiger partial charge in [0, 0.05) is 17.7 Å². The van der Waals surface area contributed by atoms with Crippen LogP contribution in [-0.2, 0) is 4.84 Å². The number of carbonyl (C=O) groups excluding carboxylic acids is 1. The van der Waals surface area contributed by atoms with Gasteiger partial charge < -0.3 is 9.57 Å². The molecule has 0 aliphatic carbocycles. The standard InChI is InChI=1S/C15H12N2O5/c1-21-14-8-3-2-5-12(14)10-16-22-15(18)11-6-4-7-13(9-11)17(19)20/h2-10H,1H3/b16-10+. The smallest absolute Gasteiger partial charge is 0.365 e. The Kier molecular flexibility index (Phi) is 4.81. The van der Waals surface area contributed by atoms with E-state index in [1.165, 1.54) is 31.5 Å². The average molecular weight is 300 g/mol. The van der Waals surface area contributed by atoms with Crippen LogP contribution in [0.5, 0.6) is 5.75 Å². The summed E-state index contributed by atoms with van der Waals surface area (Å²) in [7, 11) is 1.52. The second-order valence-corrected chi connectivity index (χ2v) is 4.16. The van der Waals surface area contributed by atoms with E-state index in [0.717, 1.165) is 6.07 Å². The van der Waals surface area contributed by atoms with Crippen LogP contribution in [0.25, 0.3) is 0 Å². The largest absolute Gasteiger partial charge is 0.496 e. The zero-order valence-corrected chi connectivity index (χ0v) is 11.6. The summed E-state index contributed by atoms with van der Waals surface area (Å²) in [6.45, 7) is 0. The highest BCUT2D eigenvalue weighted by Crippen LogP contribution is 2.16. The van der Waals surface area contributed by atoms with Crippen molar-refractivity contribution >= 4 is 17.9 Å². The first kappa shape index (κ1) is 15.2. The highest BCUT2D eigenvalue weighted by Gasteiger charge is 2.12. The van der Waals surface area contributed by atoms with Crippen LogP contribution in [0.2, 0.25) is 0 Å². The highest BCUT2D eigenvalue weighted by molar-refractivity contribution is 5.91. The molecular weight excluding hydrogens is 288 g/mol. The first-order valence-corrected chi connectivity index (χ1v) is 6.24. The third-order valence-corrected chi connectivity index (χ3v) is 2.76. The van der Waals surface area contributed by atoms with Crippen LogP contribution >= 0.6 is 0 Å². The van der Waals surface area contributed by atoms with Gasteiger partial charge in [-0.25, -0.2) is 4.79 Å². The van der Waals surface area contributed by atoms with E-state index < -0.39 is 10.9 Å². The molecule has 0 saturated carbocycles. The Balaban J connectivity index is 2.08. The van der Waals surface area contributed by atoms with Crippen molar-refractivity contribution in [3.05, 3.63) is 69.8 Å². The Morgan fingerprint density at radius 3 is 2.73 bits per heavy atom. The molecule has 0 fully saturated rings. The maximum atomic E-state index is 11.8. The third kappa shape index (κ3) is 3.66. The quantitative estimate of drug-likeness (QED) is 0.366. The number of nitro benzene ring substituents is 1. The lowest BCUT2D eigenvalue weighted by molar-refractivity contribution is -0.384. The van der Waals surface area contributed by atoms with Gasteiger partial charge in [0.2, 0.25) is 0 Å². The predicted octanol–water partition coefficient (Wildman–Crippen LogP) is 2.79. The normalized spacial score (nSPS) is 10.4. The van der Waals surface area contributed by atoms with Gasteiger partial charge in [-0.1, -0.05) is 23.4 Å². The second kappa shape index (κ2) is 6.98. The van der Waals surface area contributed by atoms with Crippen LogP contribution in [0.3, 0.4) is 0 Å². The highest BCUT2D eigenvalue weighted by atomic mass is 16.7. The van der Waals surface area contributed by atoms with E-state index in [1.54, 1.807) is 24.3 Å². The van der Waals surface area contributed by atoms with E-state index in [4.69, 9.17) is 9.57 Å². The van der Waals surface area contributed by atoms with Gasteiger partial charge in [0.05, 0.1) is 23.8 Å². The molecule has 0 aliphatic rings. The van der Waals surface area contributed by atoms with Crippen molar-refractivity contribution in [1.82, 2.24) is 0 Å². The van der Waals surface area contributed by atoms with E-state index in [9.17, 15) is 14.9 Å². The molecular formula is C15H12N2O5. The van der Waals surface area contributed by atoms with Crippen molar-refractivity contribution < 1.29 is 19.3 Å². The minimum absolute atomic E-state index is 0.0476. The Labute approximate surface area is 125 Å². The summed E-state index contributed by atoms with van der Waals surface area (Å²) in [6.07, 6.45) is 1.33. The SMILES string of the molecule is COc1ccccc1/C=N/OC(=O)c1cccc([N+](=O)[O-])c1. The van der Waals surface area contributed by atoms with E-state index in [-0.39, 0.29) is 11.3 Å². The van der Waals surface area contributed by atoms with Gasteiger partial charge in [0.25, 0.3) is 5.69 Å². The van der Waals surface area contributed by atoms with Gasteiger partial charge in [-0.2, -0.15) is 0 Å². The van der Waals surface area contributed by atoms with E-state index in [0.29, 0.717) is 11.3 Å². The fourth-order valence-electron chi connectivity index (χ4n) is 1.70. The Hall–Kier alpha value is -3.22. The molecule has 0 bridgehead atoms. The zero-order chi connectivity index (χ0) is 15.9. The third-order valence-electron chi connectivity index (χ3n) is 2.76. The van der Waals surface area contributed by atoms with Crippen molar-refractivity contribution in [3.63, 3.8) is 0 Å². The molecule has 2 aromatic carbocycles. The average Bonchev–Trinajstić information content (AvgIpc) is 2.55. The molecule has 0 aromatic heterocycles. The summed E-state index contributed by atoms with van der Waals surface area (Å²) in [5, 5.41) is 14.2. The van der Waals surface area contributed by atoms with Crippen molar-refractivity contribution in [3.8, 4) is 5.75 Å². The molecule has 2 aromatic rings. The van der Waals surface area contributed by atoms with Crippen LogP contribution in [0, 0.1) is 10.1 Å². The lowest BCUT2D eigenvalue weighted by Crippen LogP contribution is -2.02. The fourth-order valence-corrected chi connectivity index (χ4v) is 1.70. The molecule has 0 N–H and O–H groups in total. The summed E-state index contributed by atoms with van der Waals surface area (Å²) in [5.41, 5.74) is 0.492. The van der Waals surface area contributed by atoms with Crippen molar-refractivity contribution in [2.45, 2.75) is 0 Å². The minimum Gasteiger partial charge on any atom is -0.496 e. The van der Waals surface area contributed by atoms with Crippen LogP contribution in [0.1, 0.15) is 15.9 Å². The number of benzene rings is 2. The Morgan fingerprint density at radius 1 is 1.23 bits per heavy atom. The van der Waals surface area contributed by atoms with Gasteiger partial charge in [0.1, 0.15) is 5.75 Å². The number of non-ortho nitro benzene ring substituents is 1. The van der Waals surface area contributed by atoms with Crippen LogP contribution < -0.4 is 4.74 Å². The van der Waals surface area contributed by atoms with Crippen molar-refractivity contribution in [2.75, 3.05) is 7.11 Å². The Morgan fingerprint density at radius 2 is 2.00 bits per heavy atom. The summed E-state index contributed by atoms with van der Waals surface area (Å²) in [6, 6.07) is 12.3. The minimum atomic E-state index is -0.783. The second-order valence-electron chi connectivity index (χ2n) is 4.16. The zero-order valence-electron chi connectivity index (χ0n) is 11.6. The van der Waals surface area contributed by atoms with E-state index >= 15 is 0 Å². The number of hydrogen-bond acceptors (Lipinski definition) is 6. The molecule has 112 valence electrons. The molecule has 0 aliphatic heterocycles. The molecule has 0 atom stereocenters. The molecule has 7 nitrogen and oxygen atoms in total. The van der Waals surface area contributed by atoms with E-state index in [2.05, 4.69) is 5.16 Å². The number of rotatable bonds is 5. The Bertz CT molecular complexity index is 727. The molecule has 0 amide bonds. The molecule has 7 heteroatoms. The monoisotopic (exact) mass is 300 g/mol. The molecule has 2 rings (SSSR count). The molecule has 22 heavy (non-hydrogen) atoms. The number of ether oxygens (including phenoxy) is 1. The first-order valence-electron chi connectivity index (χ1n) is 6.24. The summed E-state index contributed by atoms with van der Waals surface area (Å²) in [4.78, 5) is 26.6. The number of carbonyl (C=O) groups is 1. The molecule has 0 spiro atoms. The predicted molar refractivity (Wildman–Crippen MR) is 79.1 cm³/mol. The van der Waals surface area contributed by atoms with Gasteiger partial charge in [-0.3, -0.25) is 10.1 Å². The number of hydrogen-bond donors (Lipinski definition) is 0. The van der Waals surface area contributed by atoms with Crippen LogP contribution in [0.15, 0.2) is 53.7 Å². The summed E-state index contributed by atoms with van der Waals surface area (Å²) < 4.78 is 5.12. The van der Waals surface area contributed by atoms with Gasteiger partial charge >= 0.3 is 5.97 Å². The maximum absolute atomic E-state index is 11.8. The molecule has 0 unspecified atom stereocenters. The summed E-state index contributed by atoms with van der Waals surface area (Å²) in [5.74, 6) is -0.201. The topological polar surface area (TPSA) is 91.0 Å². The lowest BCUT2D eigenvalue weighted by Gasteiger charge is -2.02. The van der Waals surface area contributed by atoms with Crippen LogP contribution in [-0.4, -0.2) is 24.2 Å². The number of nitro groups is 1. The van der Waals surface area contributed by atoms with Gasteiger partial charge in [-0.05, 0) is 18.2 Å². The lowest BCUT2D eigenvalue weighted by atomic mass is 10.2. The molecule has 0 saturated heterocycles. The van der Waals surface area contributed by atoms with Crippen molar-refractivity contribution in [2.24, 2.45) is 5.16 Å². The summed E-state index contributed by atoms with van der Waals surface area (Å²) >= 11 is 0. The van der Waals surface area contributed by atoms with E-state index in [1.807, 2.05) is 0 Å². The fraction of sp³-hybridized carbons (Fsp3) is 0.0667. The number of nitrogens with zero attached hydrogens (tertiary/aromatic N) is 2. The van der Waals surface area contributed by atoms with Gasteiger partial charge in [0.15, 0.2) is 0 Å². The maximum Gasteiger partial charge on any atom is 0.365 e. The van der Waals surface area contributed by atoms with Crippen molar-refractivity contribution in [1.29, 1.82) is 0 Å². The number of methoxy groups -OCH3 is 1. The number of para-hydroxylation sites is 1.